The summed E-state index contributed by atoms with van der Waals surface area (Å²) in [6.07, 6.45) is 5.72. The number of carbonyl (C=O) groups excluding carboxylic acids is 2. The van der Waals surface area contributed by atoms with Crippen molar-refractivity contribution in [1.82, 2.24) is 10.3 Å². The first-order valence-electron chi connectivity index (χ1n) is 4.79. The maximum absolute atomic E-state index is 11.1. The van der Waals surface area contributed by atoms with Gasteiger partial charge in [-0.1, -0.05) is 6.07 Å². The summed E-state index contributed by atoms with van der Waals surface area (Å²) in [5.41, 5.74) is 0.969. The standard InChI is InChI=1S/C11H10N2O2S/c14-6-10(15)9-7-16-11(13-9)4-8-2-1-3-12-5-8/h1-6,9,13H,7H2. The van der Waals surface area contributed by atoms with Crippen LogP contribution in [0, 0.1) is 0 Å². The number of rotatable bonds is 3. The molecule has 1 aromatic heterocycles. The highest BCUT2D eigenvalue weighted by molar-refractivity contribution is 8.03. The second-order valence-electron chi connectivity index (χ2n) is 3.32. The van der Waals surface area contributed by atoms with Crippen molar-refractivity contribution in [3.63, 3.8) is 0 Å². The predicted octanol–water partition coefficient (Wildman–Crippen LogP) is 0.853. The van der Waals surface area contributed by atoms with E-state index >= 15 is 0 Å². The molecule has 1 atom stereocenters. The Morgan fingerprint density at radius 2 is 2.50 bits per heavy atom. The summed E-state index contributed by atoms with van der Waals surface area (Å²) < 4.78 is 0. The van der Waals surface area contributed by atoms with Gasteiger partial charge in [-0.3, -0.25) is 14.6 Å². The summed E-state index contributed by atoms with van der Waals surface area (Å²) in [4.78, 5) is 25.4. The number of pyridine rings is 1. The van der Waals surface area contributed by atoms with Crippen molar-refractivity contribution >= 4 is 29.9 Å². The molecule has 4 nitrogen and oxygen atoms in total. The van der Waals surface area contributed by atoms with E-state index in [9.17, 15) is 9.59 Å². The lowest BCUT2D eigenvalue weighted by Gasteiger charge is -2.03. The molecule has 0 aliphatic carbocycles. The topological polar surface area (TPSA) is 59.1 Å². The van der Waals surface area contributed by atoms with Gasteiger partial charge in [0.25, 0.3) is 0 Å². The molecule has 16 heavy (non-hydrogen) atoms. The highest BCUT2D eigenvalue weighted by Crippen LogP contribution is 2.24. The van der Waals surface area contributed by atoms with Crippen molar-refractivity contribution < 1.29 is 9.59 Å². The minimum atomic E-state index is -0.401. The van der Waals surface area contributed by atoms with Crippen LogP contribution in [0.4, 0.5) is 0 Å². The number of aromatic nitrogens is 1. The number of nitrogens with zero attached hydrogens (tertiary/aromatic N) is 1. The van der Waals surface area contributed by atoms with Gasteiger partial charge in [0.2, 0.25) is 5.78 Å². The Labute approximate surface area is 97.1 Å². The number of nitrogens with one attached hydrogen (secondary N) is 1. The first-order chi connectivity index (χ1) is 7.79. The average molecular weight is 234 g/mol. The van der Waals surface area contributed by atoms with E-state index < -0.39 is 5.78 Å². The highest BCUT2D eigenvalue weighted by atomic mass is 32.2. The Hall–Kier alpha value is -1.62. The van der Waals surface area contributed by atoms with Crippen molar-refractivity contribution in [2.75, 3.05) is 5.75 Å². The molecular formula is C11H10N2O2S. The monoisotopic (exact) mass is 234 g/mol. The number of Topliss-reactive ketones (excluding diaryl/α,β-unsaturated/α-hetero) is 1. The van der Waals surface area contributed by atoms with Gasteiger partial charge in [0.15, 0.2) is 6.29 Å². The summed E-state index contributed by atoms with van der Waals surface area (Å²) >= 11 is 1.53. The zero-order valence-corrected chi connectivity index (χ0v) is 9.24. The van der Waals surface area contributed by atoms with Crippen LogP contribution < -0.4 is 5.32 Å². The van der Waals surface area contributed by atoms with Crippen LogP contribution in [0.15, 0.2) is 29.6 Å². The number of hydrogen-bond donors (Lipinski definition) is 1. The molecule has 1 aliphatic rings. The van der Waals surface area contributed by atoms with Crippen LogP contribution in [-0.2, 0) is 9.59 Å². The Kier molecular flexibility index (Phi) is 3.36. The minimum absolute atomic E-state index is 0.366. The molecule has 1 saturated heterocycles. The van der Waals surface area contributed by atoms with Crippen molar-refractivity contribution in [3.8, 4) is 0 Å². The lowest BCUT2D eigenvalue weighted by Crippen LogP contribution is -2.32. The van der Waals surface area contributed by atoms with Crippen LogP contribution in [0.2, 0.25) is 0 Å². The number of carbonyl (C=O) groups is 2. The second-order valence-corrected chi connectivity index (χ2v) is 4.38. The second kappa shape index (κ2) is 4.94. The third-order valence-corrected chi connectivity index (χ3v) is 3.21. The van der Waals surface area contributed by atoms with Gasteiger partial charge in [0, 0.05) is 18.1 Å². The largest absolute Gasteiger partial charge is 0.369 e. The summed E-state index contributed by atoms with van der Waals surface area (Å²) in [5.74, 6) is 0.200. The number of aldehydes is 1. The van der Waals surface area contributed by atoms with Crippen LogP contribution in [-0.4, -0.2) is 28.8 Å². The Morgan fingerprint density at radius 3 is 3.19 bits per heavy atom. The molecule has 0 radical (unpaired) electrons. The van der Waals surface area contributed by atoms with Crippen LogP contribution in [0.3, 0.4) is 0 Å². The zero-order chi connectivity index (χ0) is 11.4. The van der Waals surface area contributed by atoms with Crippen LogP contribution in [0.25, 0.3) is 6.08 Å². The first kappa shape index (κ1) is 10.9. The maximum Gasteiger partial charge on any atom is 0.218 e. The lowest BCUT2D eigenvalue weighted by atomic mass is 10.2. The molecule has 5 heteroatoms. The molecule has 2 rings (SSSR count). The van der Waals surface area contributed by atoms with Gasteiger partial charge in [-0.15, -0.1) is 11.8 Å². The van der Waals surface area contributed by atoms with Gasteiger partial charge >= 0.3 is 0 Å². The third-order valence-electron chi connectivity index (χ3n) is 2.16. The fourth-order valence-corrected chi connectivity index (χ4v) is 2.40. The molecule has 82 valence electrons. The molecule has 0 amide bonds. The average Bonchev–Trinajstić information content (AvgIpc) is 2.78. The number of hydrogen-bond acceptors (Lipinski definition) is 5. The van der Waals surface area contributed by atoms with Crippen molar-refractivity contribution in [2.45, 2.75) is 6.04 Å². The molecule has 0 bridgehead atoms. The molecule has 1 aliphatic heterocycles. The van der Waals surface area contributed by atoms with Gasteiger partial charge in [-0.05, 0) is 17.7 Å². The molecule has 1 fully saturated rings. The Morgan fingerprint density at radius 1 is 1.62 bits per heavy atom. The predicted molar refractivity (Wildman–Crippen MR) is 62.7 cm³/mol. The van der Waals surface area contributed by atoms with E-state index in [1.807, 2.05) is 18.2 Å². The summed E-state index contributed by atoms with van der Waals surface area (Å²) in [6.45, 7) is 0. The van der Waals surface area contributed by atoms with Crippen LogP contribution in [0.1, 0.15) is 5.56 Å². The van der Waals surface area contributed by atoms with Gasteiger partial charge < -0.3 is 5.32 Å². The smallest absolute Gasteiger partial charge is 0.218 e. The summed E-state index contributed by atoms with van der Waals surface area (Å²) in [5, 5.41) is 3.90. The molecule has 0 aromatic carbocycles. The van der Waals surface area contributed by atoms with Gasteiger partial charge in [-0.2, -0.15) is 0 Å². The SMILES string of the molecule is O=CC(=O)C1CSC(=Cc2cccnc2)N1. The van der Waals surface area contributed by atoms with E-state index in [1.54, 1.807) is 12.4 Å². The summed E-state index contributed by atoms with van der Waals surface area (Å²) in [6, 6.07) is 3.39. The van der Waals surface area contributed by atoms with Gasteiger partial charge in [-0.25, -0.2) is 0 Å². The molecule has 0 saturated carbocycles. The molecule has 1 N–H and O–H groups in total. The first-order valence-corrected chi connectivity index (χ1v) is 5.78. The zero-order valence-electron chi connectivity index (χ0n) is 8.42. The van der Waals surface area contributed by atoms with E-state index in [-0.39, 0.29) is 6.04 Å². The van der Waals surface area contributed by atoms with Gasteiger partial charge in [0.05, 0.1) is 5.03 Å². The van der Waals surface area contributed by atoms with E-state index in [0.29, 0.717) is 12.0 Å². The normalized spacial score (nSPS) is 21.8. The summed E-state index contributed by atoms with van der Waals surface area (Å²) in [7, 11) is 0. The minimum Gasteiger partial charge on any atom is -0.369 e. The molecule has 0 spiro atoms. The Balaban J connectivity index is 2.06. The van der Waals surface area contributed by atoms with Crippen LogP contribution >= 0.6 is 11.8 Å². The van der Waals surface area contributed by atoms with Gasteiger partial charge in [0.1, 0.15) is 6.04 Å². The fraction of sp³-hybridized carbons (Fsp3) is 0.182. The van der Waals surface area contributed by atoms with Crippen LogP contribution in [0.5, 0.6) is 0 Å². The van der Waals surface area contributed by atoms with E-state index in [0.717, 1.165) is 10.6 Å². The van der Waals surface area contributed by atoms with Crippen molar-refractivity contribution in [1.29, 1.82) is 0 Å². The van der Waals surface area contributed by atoms with Crippen molar-refractivity contribution in [3.05, 3.63) is 35.1 Å². The third kappa shape index (κ3) is 2.49. The maximum atomic E-state index is 11.1. The fourth-order valence-electron chi connectivity index (χ4n) is 1.36. The number of ketones is 1. The molecular weight excluding hydrogens is 224 g/mol. The van der Waals surface area contributed by atoms with Crippen molar-refractivity contribution in [2.24, 2.45) is 0 Å². The molecule has 2 heterocycles. The quantitative estimate of drug-likeness (QED) is 0.620. The lowest BCUT2D eigenvalue weighted by molar-refractivity contribution is -0.130. The molecule has 1 unspecified atom stereocenters. The van der Waals surface area contributed by atoms with E-state index in [1.165, 1.54) is 11.8 Å². The molecule has 1 aromatic rings. The number of thioether (sulfide) groups is 1. The van der Waals surface area contributed by atoms with E-state index in [2.05, 4.69) is 10.3 Å². The Bertz CT molecular complexity index is 431. The highest BCUT2D eigenvalue weighted by Gasteiger charge is 2.24. The van der Waals surface area contributed by atoms with E-state index in [4.69, 9.17) is 0 Å².